The van der Waals surface area contributed by atoms with Crippen molar-refractivity contribution < 1.29 is 9.59 Å². The molecule has 1 saturated heterocycles. The third kappa shape index (κ3) is 3.17. The topological polar surface area (TPSA) is 49.4 Å². The van der Waals surface area contributed by atoms with Gasteiger partial charge in [-0.3, -0.25) is 15.0 Å². The highest BCUT2D eigenvalue weighted by Gasteiger charge is 2.23. The van der Waals surface area contributed by atoms with Gasteiger partial charge in [-0.1, -0.05) is 12.0 Å². The summed E-state index contributed by atoms with van der Waals surface area (Å²) in [4.78, 5) is 24.3. The Bertz CT molecular complexity index is 550. The summed E-state index contributed by atoms with van der Waals surface area (Å²) in [5.74, 6) is 2.75. The van der Waals surface area contributed by atoms with Gasteiger partial charge in [-0.15, -0.1) is 0 Å². The minimum Gasteiger partial charge on any atom is -0.294 e. The molecule has 6 heteroatoms. The lowest BCUT2D eigenvalue weighted by molar-refractivity contribution is -0.120. The number of nitrogens with zero attached hydrogens (tertiary/aromatic N) is 1. The molecule has 1 fully saturated rings. The van der Waals surface area contributed by atoms with Crippen molar-refractivity contribution in [2.45, 2.75) is 6.42 Å². The van der Waals surface area contributed by atoms with Gasteiger partial charge in [-0.25, -0.2) is 4.79 Å². The maximum Gasteiger partial charge on any atom is 0.328 e. The normalized spacial score (nSPS) is 14.8. The summed E-state index contributed by atoms with van der Waals surface area (Å²) in [5.41, 5.74) is 1.60. The Balaban J connectivity index is 2.23. The molecule has 1 aromatic rings. The number of amides is 3. The van der Waals surface area contributed by atoms with Gasteiger partial charge in [-0.05, 0) is 32.4 Å². The summed E-state index contributed by atoms with van der Waals surface area (Å²) in [6, 6.07) is 7.03. The number of imide groups is 1. The Morgan fingerprint density at radius 3 is 2.94 bits per heavy atom. The van der Waals surface area contributed by atoms with E-state index in [0.29, 0.717) is 13.0 Å². The number of halogens is 1. The second-order valence-electron chi connectivity index (χ2n) is 3.61. The average Bonchev–Trinajstić information content (AvgIpc) is 2.36. The Labute approximate surface area is 121 Å². The largest absolute Gasteiger partial charge is 0.328 e. The first-order chi connectivity index (χ1) is 8.70. The van der Waals surface area contributed by atoms with E-state index in [-0.39, 0.29) is 11.9 Å². The highest BCUT2D eigenvalue weighted by atomic mass is 127. The van der Waals surface area contributed by atoms with Crippen molar-refractivity contribution in [3.05, 3.63) is 29.8 Å². The predicted molar refractivity (Wildman–Crippen MR) is 80.4 cm³/mol. The van der Waals surface area contributed by atoms with E-state index < -0.39 is 0 Å². The number of benzene rings is 1. The molecule has 2 rings (SSSR count). The molecule has 18 heavy (non-hydrogen) atoms. The van der Waals surface area contributed by atoms with Gasteiger partial charge in [0, 0.05) is 45.4 Å². The van der Waals surface area contributed by atoms with E-state index >= 15 is 0 Å². The molecule has 1 N–H and O–H groups in total. The van der Waals surface area contributed by atoms with Gasteiger partial charge in [0.25, 0.3) is 0 Å². The zero-order chi connectivity index (χ0) is 13.0. The van der Waals surface area contributed by atoms with Gasteiger partial charge < -0.3 is 0 Å². The molecular formula is C12H9IN2O2S. The van der Waals surface area contributed by atoms with E-state index in [2.05, 4.69) is 37.7 Å². The number of nitrogens with one attached hydrogen (secondary N) is 1. The third-order valence-electron chi connectivity index (χ3n) is 2.45. The van der Waals surface area contributed by atoms with E-state index in [4.69, 9.17) is 0 Å². The van der Waals surface area contributed by atoms with Crippen LogP contribution in [0.1, 0.15) is 12.0 Å². The van der Waals surface area contributed by atoms with E-state index in [0.717, 1.165) is 11.3 Å². The second kappa shape index (κ2) is 6.11. The molecule has 4 nitrogen and oxygen atoms in total. The molecule has 3 amide bonds. The van der Waals surface area contributed by atoms with E-state index in [9.17, 15) is 9.59 Å². The number of hydrogen-bond donors (Lipinski definition) is 1. The highest BCUT2D eigenvalue weighted by Crippen LogP contribution is 2.18. The molecule has 0 unspecified atom stereocenters. The first-order valence-corrected chi connectivity index (χ1v) is 8.56. The van der Waals surface area contributed by atoms with Gasteiger partial charge in [0.05, 0.1) is 0 Å². The summed E-state index contributed by atoms with van der Waals surface area (Å²) < 4.78 is 0. The summed E-state index contributed by atoms with van der Waals surface area (Å²) in [6.45, 7) is 0.405. The van der Waals surface area contributed by atoms with Gasteiger partial charge in [-0.2, -0.15) is 0 Å². The number of carbonyl (C=O) groups is 2. The van der Waals surface area contributed by atoms with Crippen molar-refractivity contribution in [3.63, 3.8) is 0 Å². The van der Waals surface area contributed by atoms with Crippen molar-refractivity contribution in [2.24, 2.45) is 0 Å². The van der Waals surface area contributed by atoms with Crippen molar-refractivity contribution in [1.29, 1.82) is 0 Å². The monoisotopic (exact) mass is 372 g/mol. The van der Waals surface area contributed by atoms with Crippen LogP contribution in [0.2, 0.25) is 0 Å². The predicted octanol–water partition coefficient (Wildman–Crippen LogP) is 2.53. The fourth-order valence-electron chi connectivity index (χ4n) is 1.64. The van der Waals surface area contributed by atoms with Crippen LogP contribution >= 0.6 is 30.1 Å². The lowest BCUT2D eigenvalue weighted by Gasteiger charge is -2.26. The number of anilines is 1. The number of hydrogen-bond acceptors (Lipinski definition) is 3. The van der Waals surface area contributed by atoms with E-state index in [1.807, 2.05) is 24.3 Å². The molecule has 0 saturated carbocycles. The molecule has 0 aromatic heterocycles. The molecule has 0 atom stereocenters. The minimum absolute atomic E-state index is 0.228. The molecule has 1 aliphatic heterocycles. The van der Waals surface area contributed by atoms with Gasteiger partial charge in [0.1, 0.15) is 0 Å². The molecule has 1 aromatic carbocycles. The first-order valence-electron chi connectivity index (χ1n) is 5.21. The molecule has 0 bridgehead atoms. The van der Waals surface area contributed by atoms with Crippen LogP contribution in [0, 0.1) is 11.2 Å². The molecular weight excluding hydrogens is 363 g/mol. The molecule has 1 aliphatic rings. The average molecular weight is 372 g/mol. The number of rotatable bonds is 1. The maximum atomic E-state index is 11.7. The molecule has 0 aliphatic carbocycles. The first kappa shape index (κ1) is 13.2. The SMILES string of the molecule is O=C1CCN(c2cccc(C#CSI)c2)C(=O)N1. The van der Waals surface area contributed by atoms with Crippen LogP contribution < -0.4 is 10.2 Å². The second-order valence-corrected chi connectivity index (χ2v) is 5.29. The van der Waals surface area contributed by atoms with Crippen molar-refractivity contribution in [3.8, 4) is 11.2 Å². The van der Waals surface area contributed by atoms with Crippen LogP contribution in [-0.4, -0.2) is 18.5 Å². The minimum atomic E-state index is -0.375. The van der Waals surface area contributed by atoms with Crippen LogP contribution in [0.4, 0.5) is 10.5 Å². The summed E-state index contributed by atoms with van der Waals surface area (Å²) >= 11 is 2.10. The standard InChI is InChI=1S/C12H9IN2O2S/c13-18-7-5-9-2-1-3-10(8-9)15-6-4-11(16)14-12(15)17/h1-3,8H,4,6H2,(H,14,16,17). The summed E-state index contributed by atoms with van der Waals surface area (Å²) in [6.07, 6.45) is 0.325. The Morgan fingerprint density at radius 2 is 2.22 bits per heavy atom. The fourth-order valence-corrected chi connectivity index (χ4v) is 2.13. The van der Waals surface area contributed by atoms with Crippen LogP contribution in [0.3, 0.4) is 0 Å². The van der Waals surface area contributed by atoms with Gasteiger partial charge in [0.15, 0.2) is 0 Å². The van der Waals surface area contributed by atoms with Gasteiger partial charge in [0.2, 0.25) is 5.91 Å². The Kier molecular flexibility index (Phi) is 4.49. The molecule has 1 heterocycles. The van der Waals surface area contributed by atoms with Crippen molar-refractivity contribution in [1.82, 2.24) is 5.32 Å². The molecule has 0 radical (unpaired) electrons. The van der Waals surface area contributed by atoms with Crippen LogP contribution in [-0.2, 0) is 4.79 Å². The molecule has 0 spiro atoms. The Morgan fingerprint density at radius 1 is 1.39 bits per heavy atom. The van der Waals surface area contributed by atoms with Crippen molar-refractivity contribution in [2.75, 3.05) is 11.4 Å². The zero-order valence-corrected chi connectivity index (χ0v) is 12.2. The van der Waals surface area contributed by atoms with Gasteiger partial charge >= 0.3 is 6.03 Å². The van der Waals surface area contributed by atoms with E-state index in [1.54, 1.807) is 4.90 Å². The maximum absolute atomic E-state index is 11.7. The Hall–Kier alpha value is -1.20. The number of urea groups is 1. The zero-order valence-electron chi connectivity index (χ0n) is 9.27. The lowest BCUT2D eigenvalue weighted by atomic mass is 10.2. The quantitative estimate of drug-likeness (QED) is 0.609. The summed E-state index contributed by atoms with van der Waals surface area (Å²) in [5, 5.41) is 5.19. The van der Waals surface area contributed by atoms with E-state index in [1.165, 1.54) is 8.93 Å². The molecule has 92 valence electrons. The van der Waals surface area contributed by atoms with Crippen LogP contribution in [0.25, 0.3) is 0 Å². The van der Waals surface area contributed by atoms with Crippen LogP contribution in [0.15, 0.2) is 24.3 Å². The smallest absolute Gasteiger partial charge is 0.294 e. The lowest BCUT2D eigenvalue weighted by Crippen LogP contribution is -2.49. The summed E-state index contributed by atoms with van der Waals surface area (Å²) in [7, 11) is 1.41. The van der Waals surface area contributed by atoms with Crippen LogP contribution in [0.5, 0.6) is 0 Å². The van der Waals surface area contributed by atoms with Crippen molar-refractivity contribution >= 4 is 47.8 Å². The highest BCUT2D eigenvalue weighted by molar-refractivity contribution is 14.2. The third-order valence-corrected chi connectivity index (χ3v) is 3.29. The fraction of sp³-hybridized carbons (Fsp3) is 0.167. The number of carbonyl (C=O) groups excluding carboxylic acids is 2.